The van der Waals surface area contributed by atoms with Crippen LogP contribution in [0.3, 0.4) is 0 Å². The minimum Gasteiger partial charge on any atom is -0.497 e. The third-order valence-electron chi connectivity index (χ3n) is 5.45. The summed E-state index contributed by atoms with van der Waals surface area (Å²) < 4.78 is 31.6. The Hall–Kier alpha value is -2.49. The van der Waals surface area contributed by atoms with Gasteiger partial charge in [-0.1, -0.05) is 19.3 Å². The molecule has 1 aliphatic carbocycles. The Balaban J connectivity index is 1.54. The lowest BCUT2D eigenvalue weighted by atomic mass is 9.71. The summed E-state index contributed by atoms with van der Waals surface area (Å²) in [5.41, 5.74) is -0.188. The number of rotatable bonds is 9. The van der Waals surface area contributed by atoms with Gasteiger partial charge in [-0.25, -0.2) is 13.1 Å². The number of carbonyl (C=O) groups excluding carboxylic acids is 1. The largest absolute Gasteiger partial charge is 0.497 e. The van der Waals surface area contributed by atoms with Gasteiger partial charge in [0.15, 0.2) is 9.84 Å². The number of carbonyl (C=O) groups is 1. The minimum atomic E-state index is -3.47. The molecule has 0 radical (unpaired) electrons. The van der Waals surface area contributed by atoms with E-state index >= 15 is 0 Å². The zero-order chi connectivity index (χ0) is 20.7. The second-order valence-corrected chi connectivity index (χ2v) is 9.70. The Morgan fingerprint density at radius 2 is 1.93 bits per heavy atom. The van der Waals surface area contributed by atoms with Gasteiger partial charge in [-0.3, -0.25) is 4.79 Å². The molecule has 29 heavy (non-hydrogen) atoms. The van der Waals surface area contributed by atoms with Gasteiger partial charge in [0.2, 0.25) is 5.91 Å². The fourth-order valence-corrected chi connectivity index (χ4v) is 5.08. The Kier molecular flexibility index (Phi) is 6.83. The normalized spacial score (nSPS) is 16.3. The van der Waals surface area contributed by atoms with E-state index < -0.39 is 9.84 Å². The summed E-state index contributed by atoms with van der Waals surface area (Å²) >= 11 is 0. The zero-order valence-corrected chi connectivity index (χ0v) is 17.4. The molecule has 1 aliphatic rings. The number of methoxy groups -OCH3 is 1. The van der Waals surface area contributed by atoms with E-state index in [1.165, 1.54) is 25.7 Å². The number of nitrogens with zero attached hydrogens (tertiary/aromatic N) is 4. The molecule has 1 fully saturated rings. The third-order valence-corrected chi connectivity index (χ3v) is 7.18. The number of benzene rings is 1. The Labute approximate surface area is 170 Å². The van der Waals surface area contributed by atoms with E-state index in [2.05, 4.69) is 20.8 Å². The van der Waals surface area contributed by atoms with Gasteiger partial charge in [-0.15, -0.1) is 5.10 Å². The molecule has 1 heterocycles. The van der Waals surface area contributed by atoms with E-state index in [1.54, 1.807) is 23.1 Å². The van der Waals surface area contributed by atoms with Crippen molar-refractivity contribution in [3.05, 3.63) is 30.6 Å². The number of amides is 1. The molecule has 1 N–H and O–H groups in total. The lowest BCUT2D eigenvalue weighted by molar-refractivity contribution is -0.124. The number of hydrogen-bond acceptors (Lipinski definition) is 7. The summed E-state index contributed by atoms with van der Waals surface area (Å²) in [6.45, 7) is 0.672. The maximum atomic E-state index is 12.6. The quantitative estimate of drug-likeness (QED) is 0.654. The molecule has 9 nitrogen and oxygen atoms in total. The molecule has 0 aliphatic heterocycles. The van der Waals surface area contributed by atoms with Gasteiger partial charge < -0.3 is 10.1 Å². The van der Waals surface area contributed by atoms with E-state index in [-0.39, 0.29) is 28.5 Å². The summed E-state index contributed by atoms with van der Waals surface area (Å²) in [6.07, 6.45) is 7.08. The highest BCUT2D eigenvalue weighted by Crippen LogP contribution is 2.40. The van der Waals surface area contributed by atoms with E-state index in [9.17, 15) is 13.2 Å². The van der Waals surface area contributed by atoms with Gasteiger partial charge in [0, 0.05) is 13.0 Å². The molecule has 0 atom stereocenters. The van der Waals surface area contributed by atoms with E-state index in [4.69, 9.17) is 4.74 Å². The van der Waals surface area contributed by atoms with Crippen molar-refractivity contribution in [2.45, 2.75) is 50.0 Å². The number of tetrazole rings is 1. The molecule has 0 spiro atoms. The first-order valence-electron chi connectivity index (χ1n) is 9.77. The predicted molar refractivity (Wildman–Crippen MR) is 106 cm³/mol. The average molecular weight is 422 g/mol. The van der Waals surface area contributed by atoms with Crippen molar-refractivity contribution < 1.29 is 17.9 Å². The van der Waals surface area contributed by atoms with Crippen LogP contribution in [-0.2, 0) is 21.2 Å². The third kappa shape index (κ3) is 5.75. The smallest absolute Gasteiger partial charge is 0.220 e. The molecule has 1 aromatic carbocycles. The second-order valence-electron chi connectivity index (χ2n) is 7.59. The monoisotopic (exact) mass is 421 g/mol. The highest BCUT2D eigenvalue weighted by molar-refractivity contribution is 7.91. The van der Waals surface area contributed by atoms with Crippen LogP contribution >= 0.6 is 0 Å². The van der Waals surface area contributed by atoms with Crippen LogP contribution in [0.1, 0.15) is 38.5 Å². The summed E-state index contributed by atoms with van der Waals surface area (Å²) in [4.78, 5) is 12.8. The van der Waals surface area contributed by atoms with Crippen LogP contribution in [0.2, 0.25) is 0 Å². The van der Waals surface area contributed by atoms with Gasteiger partial charge in [-0.2, -0.15) is 0 Å². The highest BCUT2D eigenvalue weighted by Gasteiger charge is 2.35. The molecule has 1 saturated carbocycles. The Morgan fingerprint density at radius 1 is 1.21 bits per heavy atom. The molecule has 1 aromatic heterocycles. The molecule has 158 valence electrons. The number of aromatic nitrogens is 4. The average Bonchev–Trinajstić information content (AvgIpc) is 3.21. The fraction of sp³-hybridized carbons (Fsp3) is 0.579. The SMILES string of the molecule is COc1ccc(S(=O)(=O)CCNC(=O)CC2(Cn3cnnn3)CCCCC2)cc1. The van der Waals surface area contributed by atoms with E-state index in [1.807, 2.05) is 0 Å². The summed E-state index contributed by atoms with van der Waals surface area (Å²) in [5.74, 6) is 0.313. The zero-order valence-electron chi connectivity index (χ0n) is 16.6. The van der Waals surface area contributed by atoms with Crippen molar-refractivity contribution in [3.8, 4) is 5.75 Å². The summed E-state index contributed by atoms with van der Waals surface area (Å²) in [5, 5.41) is 14.1. The van der Waals surface area contributed by atoms with Crippen LogP contribution in [0.15, 0.2) is 35.5 Å². The Bertz CT molecular complexity index is 891. The van der Waals surface area contributed by atoms with Gasteiger partial charge in [0.05, 0.1) is 24.3 Å². The Morgan fingerprint density at radius 3 is 2.55 bits per heavy atom. The van der Waals surface area contributed by atoms with Crippen LogP contribution in [0.4, 0.5) is 0 Å². The van der Waals surface area contributed by atoms with Gasteiger partial charge in [-0.05, 0) is 52.9 Å². The summed E-state index contributed by atoms with van der Waals surface area (Å²) in [6, 6.07) is 6.24. The van der Waals surface area contributed by atoms with Crippen molar-refractivity contribution in [1.82, 2.24) is 25.5 Å². The van der Waals surface area contributed by atoms with Gasteiger partial charge in [0.1, 0.15) is 12.1 Å². The van der Waals surface area contributed by atoms with E-state index in [0.29, 0.717) is 18.7 Å². The van der Waals surface area contributed by atoms with Crippen LogP contribution in [0, 0.1) is 5.41 Å². The van der Waals surface area contributed by atoms with Crippen LogP contribution < -0.4 is 10.1 Å². The molecule has 0 unspecified atom stereocenters. The first-order chi connectivity index (χ1) is 13.9. The molecule has 2 aromatic rings. The first-order valence-corrected chi connectivity index (χ1v) is 11.4. The predicted octanol–water partition coefficient (Wildman–Crippen LogP) is 1.61. The number of nitrogens with one attached hydrogen (secondary N) is 1. The minimum absolute atomic E-state index is 0.0775. The van der Waals surface area contributed by atoms with Crippen molar-refractivity contribution in [1.29, 1.82) is 0 Å². The molecule has 0 bridgehead atoms. The lowest BCUT2D eigenvalue weighted by Gasteiger charge is -2.36. The van der Waals surface area contributed by atoms with Crippen molar-refractivity contribution >= 4 is 15.7 Å². The maximum absolute atomic E-state index is 12.6. The van der Waals surface area contributed by atoms with Crippen molar-refractivity contribution in [2.75, 3.05) is 19.4 Å². The van der Waals surface area contributed by atoms with Crippen LogP contribution in [0.5, 0.6) is 5.75 Å². The first kappa shape index (κ1) is 21.2. The topological polar surface area (TPSA) is 116 Å². The molecule has 10 heteroatoms. The van der Waals surface area contributed by atoms with Crippen LogP contribution in [0.25, 0.3) is 0 Å². The fourth-order valence-electron chi connectivity index (χ4n) is 3.92. The van der Waals surface area contributed by atoms with Gasteiger partial charge in [0.25, 0.3) is 0 Å². The highest BCUT2D eigenvalue weighted by atomic mass is 32.2. The molecule has 0 saturated heterocycles. The standard InChI is InChI=1S/C19H27N5O4S/c1-28-16-5-7-17(8-6-16)29(26,27)12-11-20-18(25)13-19(9-3-2-4-10-19)14-24-15-21-22-23-24/h5-8,15H,2-4,9-14H2,1H3,(H,20,25). The molecular weight excluding hydrogens is 394 g/mol. The maximum Gasteiger partial charge on any atom is 0.220 e. The molecule has 3 rings (SSSR count). The summed E-state index contributed by atoms with van der Waals surface area (Å²) in [7, 11) is -1.95. The second kappa shape index (κ2) is 9.34. The molecule has 1 amide bonds. The molecular formula is C19H27N5O4S. The van der Waals surface area contributed by atoms with Crippen molar-refractivity contribution in [3.63, 3.8) is 0 Å². The van der Waals surface area contributed by atoms with Crippen LogP contribution in [-0.4, -0.2) is 53.9 Å². The van der Waals surface area contributed by atoms with Gasteiger partial charge >= 0.3 is 0 Å². The lowest BCUT2D eigenvalue weighted by Crippen LogP contribution is -2.38. The van der Waals surface area contributed by atoms with E-state index in [0.717, 1.165) is 25.7 Å². The van der Waals surface area contributed by atoms with Crippen molar-refractivity contribution in [2.24, 2.45) is 5.41 Å². The number of ether oxygens (including phenoxy) is 1. The number of sulfone groups is 1. The number of hydrogen-bond donors (Lipinski definition) is 1.